The third kappa shape index (κ3) is 5.25. The Morgan fingerprint density at radius 3 is 2.35 bits per heavy atom. The van der Waals surface area contributed by atoms with Gasteiger partial charge >= 0.3 is 0 Å². The normalized spacial score (nSPS) is 14.8. The molecule has 1 aromatic heterocycles. The van der Waals surface area contributed by atoms with Crippen LogP contribution in [0.5, 0.6) is 5.75 Å². The molecule has 1 heterocycles. The van der Waals surface area contributed by atoms with E-state index in [9.17, 15) is 9.59 Å². The molecule has 0 unspecified atom stereocenters. The van der Waals surface area contributed by atoms with Crippen LogP contribution < -0.4 is 15.0 Å². The van der Waals surface area contributed by atoms with Crippen LogP contribution in [-0.2, 0) is 4.79 Å². The Kier molecular flexibility index (Phi) is 7.52. The van der Waals surface area contributed by atoms with E-state index in [1.54, 1.807) is 67.8 Å². The first-order chi connectivity index (χ1) is 16.6. The van der Waals surface area contributed by atoms with Gasteiger partial charge in [-0.1, -0.05) is 43.5 Å². The van der Waals surface area contributed by atoms with Gasteiger partial charge in [-0.2, -0.15) is 0 Å². The fraction of sp³-hybridized carbons (Fsp3) is 0.296. The number of amides is 2. The maximum absolute atomic E-state index is 15.1. The summed E-state index contributed by atoms with van der Waals surface area (Å²) in [6.45, 7) is 0. The second-order valence-electron chi connectivity index (χ2n) is 8.36. The molecule has 6 nitrogen and oxygen atoms in total. The van der Waals surface area contributed by atoms with Gasteiger partial charge in [0.05, 0.1) is 7.11 Å². The Bertz CT molecular complexity index is 1120. The lowest BCUT2D eigenvalue weighted by Crippen LogP contribution is -2.47. The molecule has 1 fully saturated rings. The molecule has 0 radical (unpaired) electrons. The van der Waals surface area contributed by atoms with Crippen LogP contribution >= 0.6 is 0 Å². The largest absolute Gasteiger partial charge is 0.497 e. The number of hydrogen-bond acceptors (Lipinski definition) is 4. The van der Waals surface area contributed by atoms with Gasteiger partial charge in [-0.15, -0.1) is 0 Å². The maximum atomic E-state index is 15.1. The number of nitrogens with one attached hydrogen (secondary N) is 1. The summed E-state index contributed by atoms with van der Waals surface area (Å²) >= 11 is 0. The molecule has 0 aliphatic heterocycles. The summed E-state index contributed by atoms with van der Waals surface area (Å²) in [6.07, 6.45) is 6.45. The Hall–Kier alpha value is -3.74. The predicted octanol–water partition coefficient (Wildman–Crippen LogP) is 5.07. The zero-order valence-electron chi connectivity index (χ0n) is 19.1. The first-order valence-electron chi connectivity index (χ1n) is 11.5. The van der Waals surface area contributed by atoms with Crippen molar-refractivity contribution in [3.05, 3.63) is 90.0 Å². The minimum Gasteiger partial charge on any atom is -0.497 e. The molecule has 4 rings (SSSR count). The lowest BCUT2D eigenvalue weighted by molar-refractivity contribution is -0.123. The lowest BCUT2D eigenvalue weighted by atomic mass is 9.94. The van der Waals surface area contributed by atoms with E-state index in [0.717, 1.165) is 32.1 Å². The van der Waals surface area contributed by atoms with Gasteiger partial charge in [-0.25, -0.2) is 4.39 Å². The number of carbonyl (C=O) groups is 2. The zero-order chi connectivity index (χ0) is 23.9. The molecule has 176 valence electrons. The maximum Gasteiger partial charge on any atom is 0.277 e. The highest BCUT2D eigenvalue weighted by atomic mass is 19.1. The second kappa shape index (κ2) is 10.9. The van der Waals surface area contributed by atoms with Crippen LogP contribution in [0.4, 0.5) is 10.1 Å². The summed E-state index contributed by atoms with van der Waals surface area (Å²) in [5, 5.41) is 3.08. The van der Waals surface area contributed by atoms with E-state index in [-0.39, 0.29) is 17.3 Å². The summed E-state index contributed by atoms with van der Waals surface area (Å²) < 4.78 is 20.3. The number of nitrogens with zero attached hydrogens (tertiary/aromatic N) is 2. The molecule has 0 saturated heterocycles. The number of rotatable bonds is 7. The molecule has 7 heteroatoms. The van der Waals surface area contributed by atoms with Crippen molar-refractivity contribution in [1.82, 2.24) is 10.3 Å². The molecule has 1 saturated carbocycles. The first kappa shape index (κ1) is 23.4. The van der Waals surface area contributed by atoms with Crippen molar-refractivity contribution in [2.45, 2.75) is 44.2 Å². The van der Waals surface area contributed by atoms with Crippen LogP contribution in [-0.4, -0.2) is 29.9 Å². The molecule has 3 aromatic rings. The second-order valence-corrected chi connectivity index (χ2v) is 8.36. The van der Waals surface area contributed by atoms with Crippen molar-refractivity contribution in [3.8, 4) is 5.75 Å². The lowest BCUT2D eigenvalue weighted by Gasteiger charge is -2.33. The van der Waals surface area contributed by atoms with Crippen molar-refractivity contribution in [2.24, 2.45) is 0 Å². The van der Waals surface area contributed by atoms with Crippen LogP contribution in [0, 0.1) is 5.82 Å². The van der Waals surface area contributed by atoms with Gasteiger partial charge in [-0.3, -0.25) is 19.5 Å². The number of ether oxygens (including phenoxy) is 1. The molecule has 0 bridgehead atoms. The van der Waals surface area contributed by atoms with Crippen molar-refractivity contribution in [1.29, 1.82) is 0 Å². The summed E-state index contributed by atoms with van der Waals surface area (Å²) in [5.74, 6) is -0.878. The summed E-state index contributed by atoms with van der Waals surface area (Å²) in [4.78, 5) is 33.0. The molecule has 1 aliphatic carbocycles. The monoisotopic (exact) mass is 461 g/mol. The number of anilines is 1. The topological polar surface area (TPSA) is 71.5 Å². The smallest absolute Gasteiger partial charge is 0.277 e. The first-order valence-corrected chi connectivity index (χ1v) is 11.5. The Morgan fingerprint density at radius 1 is 1.00 bits per heavy atom. The van der Waals surface area contributed by atoms with Crippen LogP contribution in [0.1, 0.15) is 54.2 Å². The Labute approximate surface area is 198 Å². The molecule has 34 heavy (non-hydrogen) atoms. The average molecular weight is 462 g/mol. The highest BCUT2D eigenvalue weighted by Crippen LogP contribution is 2.32. The number of pyridine rings is 1. The number of halogens is 1. The fourth-order valence-electron chi connectivity index (χ4n) is 4.36. The van der Waals surface area contributed by atoms with Crippen molar-refractivity contribution >= 4 is 17.5 Å². The fourth-order valence-corrected chi connectivity index (χ4v) is 4.36. The van der Waals surface area contributed by atoms with Gasteiger partial charge in [0.2, 0.25) is 5.91 Å². The van der Waals surface area contributed by atoms with E-state index in [0.29, 0.717) is 11.4 Å². The minimum atomic E-state index is -1.22. The molecule has 1 N–H and O–H groups in total. The molecule has 2 amide bonds. The molecule has 0 spiro atoms. The number of aromatic nitrogens is 1. The third-order valence-electron chi connectivity index (χ3n) is 6.11. The SMILES string of the molecule is COc1ccc(N(C(=O)c2ccccn2)[C@H](C(=O)NC2CCCCC2)c2ccccc2F)cc1. The van der Waals surface area contributed by atoms with Gasteiger partial charge in [0.15, 0.2) is 0 Å². The van der Waals surface area contributed by atoms with Crippen LogP contribution in [0.2, 0.25) is 0 Å². The standard InChI is InChI=1S/C27H28FN3O3/c1-34-21-16-14-20(15-17-21)31(27(33)24-13-7-8-18-29-24)25(22-11-5-6-12-23(22)28)26(32)30-19-9-3-2-4-10-19/h5-8,11-19,25H,2-4,9-10H2,1H3,(H,30,32)/t25-/m0/s1. The minimum absolute atomic E-state index is 0.00167. The van der Waals surface area contributed by atoms with E-state index in [4.69, 9.17) is 4.74 Å². The Morgan fingerprint density at radius 2 is 1.71 bits per heavy atom. The average Bonchev–Trinajstić information content (AvgIpc) is 2.88. The van der Waals surface area contributed by atoms with E-state index in [1.165, 1.54) is 17.2 Å². The van der Waals surface area contributed by atoms with Crippen molar-refractivity contribution in [2.75, 3.05) is 12.0 Å². The van der Waals surface area contributed by atoms with Crippen molar-refractivity contribution in [3.63, 3.8) is 0 Å². The van der Waals surface area contributed by atoms with E-state index >= 15 is 4.39 Å². The summed E-state index contributed by atoms with van der Waals surface area (Å²) in [6, 6.07) is 16.6. The summed E-state index contributed by atoms with van der Waals surface area (Å²) in [5.41, 5.74) is 0.713. The van der Waals surface area contributed by atoms with E-state index < -0.39 is 23.7 Å². The molecule has 2 aromatic carbocycles. The van der Waals surface area contributed by atoms with Crippen LogP contribution in [0.3, 0.4) is 0 Å². The van der Waals surface area contributed by atoms with Crippen LogP contribution in [0.25, 0.3) is 0 Å². The number of hydrogen-bond donors (Lipinski definition) is 1. The highest BCUT2D eigenvalue weighted by molar-refractivity contribution is 6.09. The van der Waals surface area contributed by atoms with Gasteiger partial charge < -0.3 is 10.1 Å². The molecule has 1 atom stereocenters. The third-order valence-corrected chi connectivity index (χ3v) is 6.11. The molecular weight excluding hydrogens is 433 g/mol. The van der Waals surface area contributed by atoms with Gasteiger partial charge in [-0.05, 0) is 55.3 Å². The highest BCUT2D eigenvalue weighted by Gasteiger charge is 2.36. The van der Waals surface area contributed by atoms with E-state index in [1.807, 2.05) is 0 Å². The number of benzene rings is 2. The van der Waals surface area contributed by atoms with Crippen LogP contribution in [0.15, 0.2) is 72.9 Å². The molecular formula is C27H28FN3O3. The predicted molar refractivity (Wildman–Crippen MR) is 128 cm³/mol. The quantitative estimate of drug-likeness (QED) is 0.534. The Balaban J connectivity index is 1.81. The summed E-state index contributed by atoms with van der Waals surface area (Å²) in [7, 11) is 1.55. The van der Waals surface area contributed by atoms with E-state index in [2.05, 4.69) is 10.3 Å². The zero-order valence-corrected chi connectivity index (χ0v) is 19.1. The van der Waals surface area contributed by atoms with Gasteiger partial charge in [0, 0.05) is 23.5 Å². The van der Waals surface area contributed by atoms with Crippen molar-refractivity contribution < 1.29 is 18.7 Å². The van der Waals surface area contributed by atoms with Gasteiger partial charge in [0.1, 0.15) is 23.3 Å². The molecule has 1 aliphatic rings. The number of carbonyl (C=O) groups excluding carboxylic acids is 2. The number of methoxy groups -OCH3 is 1. The van der Waals surface area contributed by atoms with Gasteiger partial charge in [0.25, 0.3) is 5.91 Å².